The van der Waals surface area contributed by atoms with Crippen LogP contribution in [-0.4, -0.2) is 58.5 Å². The number of likely N-dealkylation sites (N-methyl/N-ethyl adjacent to an activating group) is 1. The van der Waals surface area contributed by atoms with Crippen LogP contribution in [0.3, 0.4) is 0 Å². The highest BCUT2D eigenvalue weighted by Gasteiger charge is 2.35. The lowest BCUT2D eigenvalue weighted by molar-refractivity contribution is -0.140. The predicted molar refractivity (Wildman–Crippen MR) is 178 cm³/mol. The Bertz CT molecular complexity index is 1700. The molecule has 4 aromatic rings. The van der Waals surface area contributed by atoms with Crippen molar-refractivity contribution >= 4 is 43.5 Å². The van der Waals surface area contributed by atoms with Crippen molar-refractivity contribution in [3.63, 3.8) is 0 Å². The number of nitrogens with one attached hydrogen (secondary N) is 1. The van der Waals surface area contributed by atoms with Crippen molar-refractivity contribution < 1.29 is 27.5 Å². The van der Waals surface area contributed by atoms with E-state index in [1.54, 1.807) is 37.3 Å². The SMILES string of the molecule is CCNC(=O)[C@@H](Cc1ccccc1)N(Cc1cccc(Br)c1)C(=O)CN(c1cc(OC)ccc1OC)S(=O)(=O)c1ccccc1. The van der Waals surface area contributed by atoms with Gasteiger partial charge in [-0.15, -0.1) is 0 Å². The molecular formula is C34H36BrN3O6S. The number of methoxy groups -OCH3 is 2. The quantitative estimate of drug-likeness (QED) is 0.189. The number of anilines is 1. The van der Waals surface area contributed by atoms with E-state index in [2.05, 4.69) is 21.2 Å². The number of ether oxygens (including phenoxy) is 2. The number of carbonyl (C=O) groups is 2. The lowest BCUT2D eigenvalue weighted by atomic mass is 10.0. The van der Waals surface area contributed by atoms with Gasteiger partial charge in [-0.3, -0.25) is 13.9 Å². The zero-order valence-corrected chi connectivity index (χ0v) is 27.8. The molecule has 0 spiro atoms. The molecule has 0 aliphatic carbocycles. The molecule has 0 aliphatic rings. The lowest BCUT2D eigenvalue weighted by Crippen LogP contribution is -2.53. The normalized spacial score (nSPS) is 11.7. The number of rotatable bonds is 14. The highest BCUT2D eigenvalue weighted by atomic mass is 79.9. The van der Waals surface area contributed by atoms with E-state index < -0.39 is 28.5 Å². The van der Waals surface area contributed by atoms with Crippen LogP contribution in [0, 0.1) is 0 Å². The second kappa shape index (κ2) is 15.6. The number of benzene rings is 4. The molecule has 0 heterocycles. The van der Waals surface area contributed by atoms with Crippen LogP contribution in [0.1, 0.15) is 18.1 Å². The second-order valence-electron chi connectivity index (χ2n) is 10.1. The average Bonchev–Trinajstić information content (AvgIpc) is 3.05. The first-order chi connectivity index (χ1) is 21.7. The number of halogens is 1. The van der Waals surface area contributed by atoms with Crippen LogP contribution < -0.4 is 19.1 Å². The van der Waals surface area contributed by atoms with Crippen molar-refractivity contribution in [2.24, 2.45) is 0 Å². The van der Waals surface area contributed by atoms with Gasteiger partial charge in [-0.1, -0.05) is 76.6 Å². The van der Waals surface area contributed by atoms with Gasteiger partial charge in [-0.05, 0) is 54.4 Å². The van der Waals surface area contributed by atoms with Crippen LogP contribution in [0.4, 0.5) is 5.69 Å². The molecule has 1 N–H and O–H groups in total. The molecule has 11 heteroatoms. The standard InChI is InChI=1S/C34H36BrN3O6S/c1-4-36-34(40)31(21-25-12-7-5-8-13-25)37(23-26-14-11-15-27(35)20-26)33(39)24-38(45(41,42)29-16-9-6-10-17-29)30-22-28(43-2)18-19-32(30)44-3/h5-20,22,31H,4,21,23-24H2,1-3H3,(H,36,40)/t31-/m1/s1. The Hall–Kier alpha value is -4.35. The van der Waals surface area contributed by atoms with Crippen LogP contribution in [0.15, 0.2) is 112 Å². The largest absolute Gasteiger partial charge is 0.497 e. The zero-order valence-electron chi connectivity index (χ0n) is 25.4. The first kappa shape index (κ1) is 33.5. The topological polar surface area (TPSA) is 105 Å². The van der Waals surface area contributed by atoms with Gasteiger partial charge in [0.05, 0.1) is 24.8 Å². The molecule has 9 nitrogen and oxygen atoms in total. The van der Waals surface area contributed by atoms with E-state index in [0.717, 1.165) is 19.9 Å². The molecule has 4 rings (SSSR count). The molecule has 45 heavy (non-hydrogen) atoms. The van der Waals surface area contributed by atoms with Gasteiger partial charge in [0.1, 0.15) is 24.1 Å². The van der Waals surface area contributed by atoms with Gasteiger partial charge in [0.2, 0.25) is 11.8 Å². The Morgan fingerprint density at radius 2 is 1.51 bits per heavy atom. The number of hydrogen-bond acceptors (Lipinski definition) is 6. The van der Waals surface area contributed by atoms with E-state index in [4.69, 9.17) is 9.47 Å². The molecule has 2 amide bonds. The van der Waals surface area contributed by atoms with Crippen LogP contribution >= 0.6 is 15.9 Å². The third-order valence-corrected chi connectivity index (χ3v) is 9.40. The number of amides is 2. The van der Waals surface area contributed by atoms with E-state index in [1.807, 2.05) is 54.6 Å². The van der Waals surface area contributed by atoms with Crippen LogP contribution in [-0.2, 0) is 32.6 Å². The Balaban J connectivity index is 1.85. The molecule has 0 fully saturated rings. The Labute approximate surface area is 273 Å². The second-order valence-corrected chi connectivity index (χ2v) is 12.9. The maximum atomic E-state index is 14.5. The zero-order chi connectivity index (χ0) is 32.4. The van der Waals surface area contributed by atoms with Crippen molar-refractivity contribution in [2.45, 2.75) is 30.8 Å². The van der Waals surface area contributed by atoms with Gasteiger partial charge in [0.25, 0.3) is 10.0 Å². The van der Waals surface area contributed by atoms with Gasteiger partial charge < -0.3 is 19.7 Å². The molecule has 0 aromatic heterocycles. The summed E-state index contributed by atoms with van der Waals surface area (Å²) >= 11 is 3.49. The van der Waals surface area contributed by atoms with Gasteiger partial charge in [-0.25, -0.2) is 8.42 Å². The summed E-state index contributed by atoms with van der Waals surface area (Å²) in [6.07, 6.45) is 0.223. The molecule has 0 radical (unpaired) electrons. The van der Waals surface area contributed by atoms with Crippen molar-refractivity contribution in [3.05, 3.63) is 119 Å². The summed E-state index contributed by atoms with van der Waals surface area (Å²) in [6.45, 7) is 1.61. The third-order valence-electron chi connectivity index (χ3n) is 7.13. The van der Waals surface area contributed by atoms with Crippen molar-refractivity contribution in [1.29, 1.82) is 0 Å². The minimum absolute atomic E-state index is 0.00854. The molecule has 0 unspecified atom stereocenters. The summed E-state index contributed by atoms with van der Waals surface area (Å²) in [4.78, 5) is 29.6. The first-order valence-corrected chi connectivity index (χ1v) is 16.6. The smallest absolute Gasteiger partial charge is 0.264 e. The Morgan fingerprint density at radius 1 is 0.844 bits per heavy atom. The maximum Gasteiger partial charge on any atom is 0.264 e. The van der Waals surface area contributed by atoms with Gasteiger partial charge in [-0.2, -0.15) is 0 Å². The molecular weight excluding hydrogens is 658 g/mol. The van der Waals surface area contributed by atoms with Crippen molar-refractivity contribution in [2.75, 3.05) is 31.6 Å². The van der Waals surface area contributed by atoms with Crippen molar-refractivity contribution in [1.82, 2.24) is 10.2 Å². The van der Waals surface area contributed by atoms with E-state index >= 15 is 0 Å². The summed E-state index contributed by atoms with van der Waals surface area (Å²) < 4.78 is 41.2. The van der Waals surface area contributed by atoms with E-state index in [0.29, 0.717) is 12.3 Å². The third kappa shape index (κ3) is 8.43. The van der Waals surface area contributed by atoms with Crippen LogP contribution in [0.2, 0.25) is 0 Å². The summed E-state index contributed by atoms with van der Waals surface area (Å²) in [6, 6.07) is 28.5. The number of sulfonamides is 1. The fraction of sp³-hybridized carbons (Fsp3) is 0.235. The molecule has 1 atom stereocenters. The van der Waals surface area contributed by atoms with Crippen molar-refractivity contribution in [3.8, 4) is 11.5 Å². The summed E-state index contributed by atoms with van der Waals surface area (Å²) in [5.41, 5.74) is 1.73. The highest BCUT2D eigenvalue weighted by molar-refractivity contribution is 9.10. The van der Waals surface area contributed by atoms with Gasteiger partial charge in [0, 0.05) is 30.0 Å². The molecule has 4 aromatic carbocycles. The molecule has 0 bridgehead atoms. The molecule has 236 valence electrons. The molecule has 0 saturated carbocycles. The van der Waals surface area contributed by atoms with Crippen LogP contribution in [0.25, 0.3) is 0 Å². The number of nitrogens with zero attached hydrogens (tertiary/aromatic N) is 2. The molecule has 0 aliphatic heterocycles. The van der Waals surface area contributed by atoms with E-state index in [1.165, 1.54) is 37.3 Å². The first-order valence-electron chi connectivity index (χ1n) is 14.3. The minimum atomic E-state index is -4.29. The fourth-order valence-electron chi connectivity index (χ4n) is 4.90. The lowest BCUT2D eigenvalue weighted by Gasteiger charge is -2.34. The predicted octanol–water partition coefficient (Wildman–Crippen LogP) is 5.44. The summed E-state index contributed by atoms with van der Waals surface area (Å²) in [5.74, 6) is -0.319. The van der Waals surface area contributed by atoms with E-state index in [9.17, 15) is 18.0 Å². The maximum absolute atomic E-state index is 14.5. The number of hydrogen-bond donors (Lipinski definition) is 1. The Morgan fingerprint density at radius 3 is 2.13 bits per heavy atom. The average molecular weight is 695 g/mol. The monoisotopic (exact) mass is 693 g/mol. The van der Waals surface area contributed by atoms with E-state index in [-0.39, 0.29) is 35.2 Å². The number of carbonyl (C=O) groups excluding carboxylic acids is 2. The highest BCUT2D eigenvalue weighted by Crippen LogP contribution is 2.36. The molecule has 0 saturated heterocycles. The summed E-state index contributed by atoms with van der Waals surface area (Å²) in [7, 11) is -1.41. The minimum Gasteiger partial charge on any atom is -0.497 e. The van der Waals surface area contributed by atoms with Gasteiger partial charge in [0.15, 0.2) is 0 Å². The van der Waals surface area contributed by atoms with Gasteiger partial charge >= 0.3 is 0 Å². The fourth-order valence-corrected chi connectivity index (χ4v) is 6.79. The Kier molecular flexibility index (Phi) is 11.6. The summed E-state index contributed by atoms with van der Waals surface area (Å²) in [5, 5.41) is 2.86. The van der Waals surface area contributed by atoms with Crippen LogP contribution in [0.5, 0.6) is 11.5 Å².